The SMILES string of the molecule is Fc1cccc(C(F)F)c1-c1ccccc1C(F)(F)F. The molecule has 0 aliphatic heterocycles. The third kappa shape index (κ3) is 2.64. The second kappa shape index (κ2) is 5.19. The lowest BCUT2D eigenvalue weighted by Gasteiger charge is -2.16. The average Bonchev–Trinajstić information content (AvgIpc) is 2.37. The van der Waals surface area contributed by atoms with Crippen LogP contribution in [0.25, 0.3) is 11.1 Å². The first-order chi connectivity index (χ1) is 9.32. The zero-order valence-corrected chi connectivity index (χ0v) is 9.89. The van der Waals surface area contributed by atoms with Crippen LogP contribution < -0.4 is 0 Å². The van der Waals surface area contributed by atoms with Gasteiger partial charge in [0.2, 0.25) is 0 Å². The van der Waals surface area contributed by atoms with Gasteiger partial charge in [0.1, 0.15) is 5.82 Å². The quantitative estimate of drug-likeness (QED) is 0.645. The van der Waals surface area contributed by atoms with Gasteiger partial charge in [0.05, 0.1) is 5.56 Å². The fourth-order valence-electron chi connectivity index (χ4n) is 1.96. The minimum absolute atomic E-state index is 0.589. The number of rotatable bonds is 2. The van der Waals surface area contributed by atoms with E-state index in [0.717, 1.165) is 36.4 Å². The Morgan fingerprint density at radius 2 is 1.50 bits per heavy atom. The molecule has 20 heavy (non-hydrogen) atoms. The monoisotopic (exact) mass is 290 g/mol. The highest BCUT2D eigenvalue weighted by atomic mass is 19.4. The van der Waals surface area contributed by atoms with Crippen molar-refractivity contribution in [2.24, 2.45) is 0 Å². The molecule has 0 radical (unpaired) electrons. The molecule has 0 saturated carbocycles. The first kappa shape index (κ1) is 14.4. The highest BCUT2D eigenvalue weighted by Crippen LogP contribution is 2.41. The third-order valence-electron chi connectivity index (χ3n) is 2.78. The third-order valence-corrected chi connectivity index (χ3v) is 2.78. The fourth-order valence-corrected chi connectivity index (χ4v) is 1.96. The van der Waals surface area contributed by atoms with Crippen molar-refractivity contribution in [1.82, 2.24) is 0 Å². The van der Waals surface area contributed by atoms with Crippen LogP contribution >= 0.6 is 0 Å². The maximum atomic E-state index is 13.8. The molecular weight excluding hydrogens is 282 g/mol. The van der Waals surface area contributed by atoms with E-state index in [1.54, 1.807) is 0 Å². The van der Waals surface area contributed by atoms with Crippen molar-refractivity contribution in [2.45, 2.75) is 12.6 Å². The molecule has 0 unspecified atom stereocenters. The Balaban J connectivity index is 2.76. The van der Waals surface area contributed by atoms with Crippen LogP contribution in [-0.2, 0) is 6.18 Å². The lowest BCUT2D eigenvalue weighted by molar-refractivity contribution is -0.137. The minimum atomic E-state index is -4.75. The molecule has 0 heterocycles. The van der Waals surface area contributed by atoms with Gasteiger partial charge in [0, 0.05) is 11.1 Å². The van der Waals surface area contributed by atoms with Gasteiger partial charge in [0.15, 0.2) is 0 Å². The van der Waals surface area contributed by atoms with E-state index in [0.29, 0.717) is 0 Å². The molecule has 0 amide bonds. The largest absolute Gasteiger partial charge is 0.417 e. The molecule has 2 aromatic carbocycles. The molecule has 2 aromatic rings. The highest BCUT2D eigenvalue weighted by molar-refractivity contribution is 5.72. The van der Waals surface area contributed by atoms with E-state index in [1.165, 1.54) is 6.07 Å². The Bertz CT molecular complexity index is 615. The van der Waals surface area contributed by atoms with Crippen molar-refractivity contribution in [2.75, 3.05) is 0 Å². The molecular formula is C14H8F6. The van der Waals surface area contributed by atoms with E-state index < -0.39 is 40.7 Å². The van der Waals surface area contributed by atoms with Gasteiger partial charge < -0.3 is 0 Å². The number of alkyl halides is 5. The number of hydrogen-bond donors (Lipinski definition) is 0. The summed E-state index contributed by atoms with van der Waals surface area (Å²) in [6.45, 7) is 0. The molecule has 0 aliphatic rings. The van der Waals surface area contributed by atoms with E-state index >= 15 is 0 Å². The van der Waals surface area contributed by atoms with Crippen LogP contribution in [0.3, 0.4) is 0 Å². The van der Waals surface area contributed by atoms with Gasteiger partial charge in [-0.15, -0.1) is 0 Å². The predicted molar refractivity (Wildman–Crippen MR) is 61.8 cm³/mol. The summed E-state index contributed by atoms with van der Waals surface area (Å²) in [6.07, 6.45) is -7.82. The summed E-state index contributed by atoms with van der Waals surface area (Å²) < 4.78 is 78.2. The Morgan fingerprint density at radius 1 is 0.850 bits per heavy atom. The van der Waals surface area contributed by atoms with Crippen LogP contribution in [0.4, 0.5) is 26.3 Å². The van der Waals surface area contributed by atoms with E-state index in [2.05, 4.69) is 0 Å². The molecule has 0 spiro atoms. The van der Waals surface area contributed by atoms with Gasteiger partial charge in [-0.05, 0) is 17.7 Å². The van der Waals surface area contributed by atoms with E-state index in [4.69, 9.17) is 0 Å². The second-order valence-corrected chi connectivity index (χ2v) is 4.05. The molecule has 106 valence electrons. The minimum Gasteiger partial charge on any atom is -0.206 e. The number of halogens is 6. The van der Waals surface area contributed by atoms with Gasteiger partial charge >= 0.3 is 6.18 Å². The molecule has 0 fully saturated rings. The molecule has 0 saturated heterocycles. The summed E-state index contributed by atoms with van der Waals surface area (Å²) in [5.74, 6) is -1.11. The molecule has 0 bridgehead atoms. The lowest BCUT2D eigenvalue weighted by Crippen LogP contribution is -2.08. The topological polar surface area (TPSA) is 0 Å². The molecule has 0 aliphatic carbocycles. The molecule has 0 N–H and O–H groups in total. The zero-order valence-electron chi connectivity index (χ0n) is 9.89. The molecule has 6 heteroatoms. The summed E-state index contributed by atoms with van der Waals surface area (Å²) in [5.41, 5.74) is -3.21. The summed E-state index contributed by atoms with van der Waals surface area (Å²) in [4.78, 5) is 0. The van der Waals surface area contributed by atoms with Crippen LogP contribution in [0.2, 0.25) is 0 Å². The van der Waals surface area contributed by atoms with Crippen LogP contribution in [-0.4, -0.2) is 0 Å². The Hall–Kier alpha value is -1.98. The van der Waals surface area contributed by atoms with Gasteiger partial charge in [-0.1, -0.05) is 30.3 Å². The standard InChI is InChI=1S/C14H8F6/c15-11-7-3-5-9(13(16)17)12(11)8-4-1-2-6-10(8)14(18,19)20/h1-7,13H. The van der Waals surface area contributed by atoms with Crippen LogP contribution in [0.15, 0.2) is 42.5 Å². The highest BCUT2D eigenvalue weighted by Gasteiger charge is 2.35. The van der Waals surface area contributed by atoms with Gasteiger partial charge in [-0.25, -0.2) is 13.2 Å². The van der Waals surface area contributed by atoms with Gasteiger partial charge in [-0.2, -0.15) is 13.2 Å². The van der Waals surface area contributed by atoms with Gasteiger partial charge in [-0.3, -0.25) is 0 Å². The second-order valence-electron chi connectivity index (χ2n) is 4.05. The van der Waals surface area contributed by atoms with Crippen molar-refractivity contribution in [1.29, 1.82) is 0 Å². The van der Waals surface area contributed by atoms with Crippen molar-refractivity contribution in [3.8, 4) is 11.1 Å². The van der Waals surface area contributed by atoms with E-state index in [1.807, 2.05) is 0 Å². The smallest absolute Gasteiger partial charge is 0.206 e. The predicted octanol–water partition coefficient (Wildman–Crippen LogP) is 5.45. The normalized spacial score (nSPS) is 11.9. The number of hydrogen-bond acceptors (Lipinski definition) is 0. The van der Waals surface area contributed by atoms with Crippen LogP contribution in [0.1, 0.15) is 17.6 Å². The maximum absolute atomic E-state index is 13.8. The molecule has 0 nitrogen and oxygen atoms in total. The molecule has 0 aromatic heterocycles. The van der Waals surface area contributed by atoms with E-state index in [-0.39, 0.29) is 0 Å². The number of benzene rings is 2. The van der Waals surface area contributed by atoms with Crippen LogP contribution in [0.5, 0.6) is 0 Å². The Kier molecular flexibility index (Phi) is 3.74. The first-order valence-electron chi connectivity index (χ1n) is 5.55. The maximum Gasteiger partial charge on any atom is 0.417 e. The molecule has 0 atom stereocenters. The zero-order chi connectivity index (χ0) is 14.9. The lowest BCUT2D eigenvalue weighted by atomic mass is 9.94. The van der Waals surface area contributed by atoms with Crippen molar-refractivity contribution in [3.05, 3.63) is 59.4 Å². The average molecular weight is 290 g/mol. The summed E-state index contributed by atoms with van der Waals surface area (Å²) in [6, 6.07) is 6.88. The summed E-state index contributed by atoms with van der Waals surface area (Å²) in [5, 5.41) is 0. The first-order valence-corrected chi connectivity index (χ1v) is 5.55. The Morgan fingerprint density at radius 3 is 2.10 bits per heavy atom. The fraction of sp³-hybridized carbons (Fsp3) is 0.143. The molecule has 2 rings (SSSR count). The van der Waals surface area contributed by atoms with Crippen molar-refractivity contribution in [3.63, 3.8) is 0 Å². The summed E-state index contributed by atoms with van der Waals surface area (Å²) >= 11 is 0. The summed E-state index contributed by atoms with van der Waals surface area (Å²) in [7, 11) is 0. The van der Waals surface area contributed by atoms with Gasteiger partial charge in [0.25, 0.3) is 6.43 Å². The van der Waals surface area contributed by atoms with Crippen molar-refractivity contribution < 1.29 is 26.3 Å². The van der Waals surface area contributed by atoms with E-state index in [9.17, 15) is 26.3 Å². The van der Waals surface area contributed by atoms with Crippen LogP contribution in [0, 0.1) is 5.82 Å². The van der Waals surface area contributed by atoms with Crippen molar-refractivity contribution >= 4 is 0 Å². The Labute approximate surface area is 110 Å².